The van der Waals surface area contributed by atoms with Crippen LogP contribution in [0.1, 0.15) is 38.2 Å². The van der Waals surface area contributed by atoms with Crippen LogP contribution in [-0.2, 0) is 14.3 Å². The van der Waals surface area contributed by atoms with E-state index in [-0.39, 0.29) is 17.3 Å². The first-order valence-electron chi connectivity index (χ1n) is 6.16. The number of aromatic hydroxyl groups is 1. The molecule has 0 atom stereocenters. The van der Waals surface area contributed by atoms with Crippen LogP contribution in [0.4, 0.5) is 0 Å². The molecule has 1 aromatic carbocycles. The maximum absolute atomic E-state index is 11.8. The summed E-state index contributed by atoms with van der Waals surface area (Å²) in [5, 5.41) is 9.48. The highest BCUT2D eigenvalue weighted by molar-refractivity contribution is 7.86. The summed E-state index contributed by atoms with van der Waals surface area (Å²) < 4.78 is 28.5. The van der Waals surface area contributed by atoms with Crippen LogP contribution in [-0.4, -0.2) is 20.1 Å². The van der Waals surface area contributed by atoms with E-state index in [0.717, 1.165) is 25.7 Å². The van der Waals surface area contributed by atoms with Gasteiger partial charge in [0.1, 0.15) is 5.75 Å². The standard InChI is InChI=1S/C13H20O4S/c1-3-4-5-6-9-17-18(15,16)12-8-7-11(2)13(14)10-12/h7-8,10,14H,3-6,9H2,1-2H3. The van der Waals surface area contributed by atoms with Crippen molar-refractivity contribution in [2.24, 2.45) is 0 Å². The number of hydrogen-bond acceptors (Lipinski definition) is 4. The molecule has 0 saturated heterocycles. The Balaban J connectivity index is 2.60. The molecule has 4 nitrogen and oxygen atoms in total. The third-order valence-corrected chi connectivity index (χ3v) is 4.01. The van der Waals surface area contributed by atoms with E-state index >= 15 is 0 Å². The first-order chi connectivity index (χ1) is 8.47. The molecule has 0 fully saturated rings. The molecule has 0 aliphatic heterocycles. The second-order valence-electron chi connectivity index (χ2n) is 4.29. The number of phenolic OH excluding ortho intramolecular Hbond substituents is 1. The minimum absolute atomic E-state index is 0.00101. The van der Waals surface area contributed by atoms with Crippen LogP contribution < -0.4 is 0 Å². The molecule has 1 aromatic rings. The molecular weight excluding hydrogens is 252 g/mol. The van der Waals surface area contributed by atoms with Gasteiger partial charge in [-0.05, 0) is 25.0 Å². The van der Waals surface area contributed by atoms with Crippen molar-refractivity contribution in [2.75, 3.05) is 6.61 Å². The van der Waals surface area contributed by atoms with Gasteiger partial charge in [-0.1, -0.05) is 32.3 Å². The van der Waals surface area contributed by atoms with Crippen LogP contribution in [0.3, 0.4) is 0 Å². The maximum atomic E-state index is 11.8. The van der Waals surface area contributed by atoms with Crippen molar-refractivity contribution in [3.8, 4) is 5.75 Å². The van der Waals surface area contributed by atoms with E-state index in [1.165, 1.54) is 12.1 Å². The normalized spacial score (nSPS) is 11.7. The van der Waals surface area contributed by atoms with E-state index in [1.807, 2.05) is 0 Å². The summed E-state index contributed by atoms with van der Waals surface area (Å²) in [5.74, 6) is -0.0364. The van der Waals surface area contributed by atoms with Crippen LogP contribution in [0.5, 0.6) is 5.75 Å². The quantitative estimate of drug-likeness (QED) is 0.612. The summed E-state index contributed by atoms with van der Waals surface area (Å²) in [6.07, 6.45) is 3.86. The van der Waals surface area contributed by atoms with Crippen molar-refractivity contribution in [3.05, 3.63) is 23.8 Å². The molecule has 0 aliphatic carbocycles. The molecular formula is C13H20O4S. The van der Waals surface area contributed by atoms with Gasteiger partial charge in [0.2, 0.25) is 0 Å². The molecule has 0 radical (unpaired) electrons. The topological polar surface area (TPSA) is 63.6 Å². The van der Waals surface area contributed by atoms with Gasteiger partial charge in [-0.3, -0.25) is 4.18 Å². The van der Waals surface area contributed by atoms with E-state index in [1.54, 1.807) is 13.0 Å². The molecule has 102 valence electrons. The lowest BCUT2D eigenvalue weighted by Crippen LogP contribution is -2.07. The molecule has 5 heteroatoms. The van der Waals surface area contributed by atoms with Crippen molar-refractivity contribution in [1.29, 1.82) is 0 Å². The van der Waals surface area contributed by atoms with Gasteiger partial charge in [0, 0.05) is 6.07 Å². The first-order valence-corrected chi connectivity index (χ1v) is 7.57. The van der Waals surface area contributed by atoms with Crippen molar-refractivity contribution in [1.82, 2.24) is 0 Å². The molecule has 0 saturated carbocycles. The minimum Gasteiger partial charge on any atom is -0.508 e. The zero-order valence-electron chi connectivity index (χ0n) is 10.8. The monoisotopic (exact) mass is 272 g/mol. The Bertz CT molecular complexity index is 480. The van der Waals surface area contributed by atoms with Crippen LogP contribution in [0.25, 0.3) is 0 Å². The van der Waals surface area contributed by atoms with Crippen LogP contribution in [0.15, 0.2) is 23.1 Å². The smallest absolute Gasteiger partial charge is 0.297 e. The number of benzene rings is 1. The number of rotatable bonds is 7. The third-order valence-electron chi connectivity index (χ3n) is 2.71. The molecule has 0 heterocycles. The average Bonchev–Trinajstić information content (AvgIpc) is 2.32. The second kappa shape index (κ2) is 6.75. The summed E-state index contributed by atoms with van der Waals surface area (Å²) in [4.78, 5) is 0.00101. The fraction of sp³-hybridized carbons (Fsp3) is 0.538. The lowest BCUT2D eigenvalue weighted by Gasteiger charge is -2.07. The Labute approximate surface area is 109 Å². The third kappa shape index (κ3) is 4.31. The first kappa shape index (κ1) is 15.0. The fourth-order valence-corrected chi connectivity index (χ4v) is 2.47. The van der Waals surface area contributed by atoms with Gasteiger partial charge in [-0.25, -0.2) is 0 Å². The predicted octanol–water partition coefficient (Wildman–Crippen LogP) is 2.99. The summed E-state index contributed by atoms with van der Waals surface area (Å²) >= 11 is 0. The van der Waals surface area contributed by atoms with Crippen molar-refractivity contribution < 1.29 is 17.7 Å². The van der Waals surface area contributed by atoms with Gasteiger partial charge >= 0.3 is 0 Å². The number of hydrogen-bond donors (Lipinski definition) is 1. The summed E-state index contributed by atoms with van der Waals surface area (Å²) in [6.45, 7) is 3.99. The lowest BCUT2D eigenvalue weighted by atomic mass is 10.2. The molecule has 18 heavy (non-hydrogen) atoms. The van der Waals surface area contributed by atoms with Crippen molar-refractivity contribution in [3.63, 3.8) is 0 Å². The van der Waals surface area contributed by atoms with Crippen molar-refractivity contribution in [2.45, 2.75) is 44.4 Å². The van der Waals surface area contributed by atoms with E-state index in [4.69, 9.17) is 4.18 Å². The van der Waals surface area contributed by atoms with Crippen LogP contribution in [0, 0.1) is 6.92 Å². The van der Waals surface area contributed by atoms with Gasteiger partial charge in [-0.2, -0.15) is 8.42 Å². The molecule has 0 bridgehead atoms. The number of unbranched alkanes of at least 4 members (excludes halogenated alkanes) is 3. The molecule has 1 N–H and O–H groups in total. The van der Waals surface area contributed by atoms with Gasteiger partial charge in [0.25, 0.3) is 10.1 Å². The molecule has 0 aromatic heterocycles. The second-order valence-corrected chi connectivity index (χ2v) is 5.90. The number of aryl methyl sites for hydroxylation is 1. The molecule has 0 amide bonds. The van der Waals surface area contributed by atoms with E-state index < -0.39 is 10.1 Å². The predicted molar refractivity (Wildman–Crippen MR) is 70.1 cm³/mol. The van der Waals surface area contributed by atoms with Gasteiger partial charge < -0.3 is 5.11 Å². The summed E-state index contributed by atoms with van der Waals surface area (Å²) in [7, 11) is -3.75. The Kier molecular flexibility index (Phi) is 5.62. The van der Waals surface area contributed by atoms with E-state index in [9.17, 15) is 13.5 Å². The summed E-state index contributed by atoms with van der Waals surface area (Å²) in [5.41, 5.74) is 0.636. The fourth-order valence-electron chi connectivity index (χ4n) is 1.51. The molecule has 0 aliphatic rings. The SMILES string of the molecule is CCCCCCOS(=O)(=O)c1ccc(C)c(O)c1. The largest absolute Gasteiger partial charge is 0.508 e. The van der Waals surface area contributed by atoms with Crippen LogP contribution >= 0.6 is 0 Å². The highest BCUT2D eigenvalue weighted by Crippen LogP contribution is 2.22. The molecule has 1 rings (SSSR count). The Morgan fingerprint density at radius 2 is 1.94 bits per heavy atom. The van der Waals surface area contributed by atoms with Crippen LogP contribution in [0.2, 0.25) is 0 Å². The zero-order chi connectivity index (χ0) is 13.6. The Morgan fingerprint density at radius 3 is 2.56 bits per heavy atom. The average molecular weight is 272 g/mol. The lowest BCUT2D eigenvalue weighted by molar-refractivity contribution is 0.306. The van der Waals surface area contributed by atoms with Gasteiger partial charge in [0.15, 0.2) is 0 Å². The van der Waals surface area contributed by atoms with Crippen molar-refractivity contribution >= 4 is 10.1 Å². The minimum atomic E-state index is -3.75. The molecule has 0 unspecified atom stereocenters. The summed E-state index contributed by atoms with van der Waals surface area (Å²) in [6, 6.07) is 4.22. The highest BCUT2D eigenvalue weighted by Gasteiger charge is 2.16. The van der Waals surface area contributed by atoms with Gasteiger partial charge in [-0.15, -0.1) is 0 Å². The van der Waals surface area contributed by atoms with E-state index in [0.29, 0.717) is 5.56 Å². The Morgan fingerprint density at radius 1 is 1.22 bits per heavy atom. The van der Waals surface area contributed by atoms with Gasteiger partial charge in [0.05, 0.1) is 11.5 Å². The maximum Gasteiger partial charge on any atom is 0.297 e. The Hall–Kier alpha value is -1.07. The zero-order valence-corrected chi connectivity index (χ0v) is 11.7. The van der Waals surface area contributed by atoms with E-state index in [2.05, 4.69) is 6.92 Å². The molecule has 0 spiro atoms. The highest BCUT2D eigenvalue weighted by atomic mass is 32.2. The number of phenols is 1.